The van der Waals surface area contributed by atoms with Crippen LogP contribution < -0.4 is 4.74 Å². The van der Waals surface area contributed by atoms with Gasteiger partial charge >= 0.3 is 0 Å². The zero-order valence-electron chi connectivity index (χ0n) is 11.4. The Bertz CT molecular complexity index is 552. The Hall–Kier alpha value is -1.11. The number of benzene rings is 1. The molecule has 1 heterocycles. The molecule has 0 radical (unpaired) electrons. The number of sulfonamides is 1. The lowest BCUT2D eigenvalue weighted by Crippen LogP contribution is -2.49. The highest BCUT2D eigenvalue weighted by Gasteiger charge is 2.32. The summed E-state index contributed by atoms with van der Waals surface area (Å²) in [4.78, 5) is 0.294. The van der Waals surface area contributed by atoms with E-state index in [4.69, 9.17) is 9.47 Å². The lowest BCUT2D eigenvalue weighted by atomic mass is 10.2. The molecule has 5 nitrogen and oxygen atoms in total. The van der Waals surface area contributed by atoms with Gasteiger partial charge in [0.1, 0.15) is 5.75 Å². The Labute approximate surface area is 114 Å². The van der Waals surface area contributed by atoms with Crippen molar-refractivity contribution in [1.29, 1.82) is 0 Å². The zero-order valence-corrected chi connectivity index (χ0v) is 12.2. The van der Waals surface area contributed by atoms with Crippen molar-refractivity contribution >= 4 is 10.0 Å². The van der Waals surface area contributed by atoms with Gasteiger partial charge in [-0.2, -0.15) is 4.31 Å². The molecule has 1 aromatic rings. The van der Waals surface area contributed by atoms with E-state index in [1.54, 1.807) is 25.2 Å². The monoisotopic (exact) mass is 285 g/mol. The number of aryl methyl sites for hydroxylation is 1. The van der Waals surface area contributed by atoms with Gasteiger partial charge in [0.05, 0.1) is 30.8 Å². The molecular formula is C13H19NO4S. The van der Waals surface area contributed by atoms with E-state index in [0.717, 1.165) is 11.3 Å². The summed E-state index contributed by atoms with van der Waals surface area (Å²) in [6.07, 6.45) is 0. The van der Waals surface area contributed by atoms with Crippen LogP contribution in [-0.2, 0) is 14.8 Å². The first-order valence-corrected chi connectivity index (χ1v) is 7.70. The van der Waals surface area contributed by atoms with E-state index in [0.29, 0.717) is 24.7 Å². The highest BCUT2D eigenvalue weighted by molar-refractivity contribution is 7.89. The van der Waals surface area contributed by atoms with E-state index in [9.17, 15) is 8.42 Å². The summed E-state index contributed by atoms with van der Waals surface area (Å²) in [5.74, 6) is 0.719. The van der Waals surface area contributed by atoms with Crippen molar-refractivity contribution in [3.63, 3.8) is 0 Å². The van der Waals surface area contributed by atoms with Crippen LogP contribution in [0.1, 0.15) is 12.5 Å². The molecule has 0 saturated carbocycles. The minimum absolute atomic E-state index is 0.0584. The number of hydrogen-bond acceptors (Lipinski definition) is 4. The van der Waals surface area contributed by atoms with Crippen LogP contribution in [0.2, 0.25) is 0 Å². The van der Waals surface area contributed by atoms with E-state index in [-0.39, 0.29) is 6.04 Å². The molecule has 0 bridgehead atoms. The van der Waals surface area contributed by atoms with Crippen molar-refractivity contribution in [3.05, 3.63) is 23.8 Å². The Morgan fingerprint density at radius 2 is 2.11 bits per heavy atom. The largest absolute Gasteiger partial charge is 0.494 e. The van der Waals surface area contributed by atoms with E-state index in [1.807, 2.05) is 13.8 Å². The van der Waals surface area contributed by atoms with Crippen LogP contribution >= 0.6 is 0 Å². The molecule has 0 spiro atoms. The van der Waals surface area contributed by atoms with E-state index in [2.05, 4.69) is 0 Å². The molecule has 106 valence electrons. The number of ether oxygens (including phenoxy) is 2. The molecule has 0 unspecified atom stereocenters. The maximum Gasteiger partial charge on any atom is 0.243 e. The van der Waals surface area contributed by atoms with Crippen LogP contribution in [-0.4, -0.2) is 45.6 Å². The van der Waals surface area contributed by atoms with E-state index in [1.165, 1.54) is 4.31 Å². The number of likely N-dealkylation sites (N-methyl/N-ethyl adjacent to an activating group) is 1. The van der Waals surface area contributed by atoms with Crippen LogP contribution in [0.4, 0.5) is 0 Å². The maximum absolute atomic E-state index is 12.4. The predicted molar refractivity (Wildman–Crippen MR) is 71.9 cm³/mol. The summed E-state index contributed by atoms with van der Waals surface area (Å²) >= 11 is 0. The number of hydrogen-bond donors (Lipinski definition) is 0. The van der Waals surface area contributed by atoms with Gasteiger partial charge in [-0.25, -0.2) is 8.42 Å². The topological polar surface area (TPSA) is 55.8 Å². The first-order chi connectivity index (χ1) is 8.96. The molecule has 1 fully saturated rings. The van der Waals surface area contributed by atoms with Crippen LogP contribution in [0, 0.1) is 6.92 Å². The minimum Gasteiger partial charge on any atom is -0.494 e. The molecule has 0 amide bonds. The third-order valence-corrected chi connectivity index (χ3v) is 5.16. The third kappa shape index (κ3) is 2.75. The Morgan fingerprint density at radius 1 is 1.42 bits per heavy atom. The molecule has 0 aromatic heterocycles. The van der Waals surface area contributed by atoms with Gasteiger partial charge in [-0.1, -0.05) is 0 Å². The van der Waals surface area contributed by atoms with Crippen LogP contribution in [0.3, 0.4) is 0 Å². The molecular weight excluding hydrogens is 266 g/mol. The fourth-order valence-corrected chi connectivity index (χ4v) is 3.31. The third-order valence-electron chi connectivity index (χ3n) is 3.26. The molecule has 6 heteroatoms. The molecule has 0 atom stereocenters. The second-order valence-electron chi connectivity index (χ2n) is 4.57. The van der Waals surface area contributed by atoms with Gasteiger partial charge in [-0.15, -0.1) is 0 Å². The van der Waals surface area contributed by atoms with E-state index < -0.39 is 10.0 Å². The lowest BCUT2D eigenvalue weighted by molar-refractivity contribution is -0.0305. The quantitative estimate of drug-likeness (QED) is 0.821. The maximum atomic E-state index is 12.4. The van der Waals surface area contributed by atoms with Crippen molar-refractivity contribution < 1.29 is 17.9 Å². The predicted octanol–water partition coefficient (Wildman–Crippen LogP) is 1.41. The van der Waals surface area contributed by atoms with Crippen molar-refractivity contribution in [2.24, 2.45) is 0 Å². The fourth-order valence-electron chi connectivity index (χ4n) is 1.90. The Morgan fingerprint density at radius 3 is 2.58 bits per heavy atom. The molecule has 19 heavy (non-hydrogen) atoms. The Balaban J connectivity index is 2.27. The number of nitrogens with zero attached hydrogens (tertiary/aromatic N) is 1. The van der Waals surface area contributed by atoms with Crippen LogP contribution in [0.25, 0.3) is 0 Å². The molecule has 2 rings (SSSR count). The van der Waals surface area contributed by atoms with Gasteiger partial charge in [-0.05, 0) is 37.6 Å². The molecule has 0 aliphatic carbocycles. The average Bonchev–Trinajstić information content (AvgIpc) is 2.29. The van der Waals surface area contributed by atoms with Crippen molar-refractivity contribution in [1.82, 2.24) is 4.31 Å². The minimum atomic E-state index is -3.46. The first-order valence-electron chi connectivity index (χ1n) is 6.26. The van der Waals surface area contributed by atoms with Crippen molar-refractivity contribution in [2.75, 3.05) is 26.9 Å². The second-order valence-corrected chi connectivity index (χ2v) is 6.57. The van der Waals surface area contributed by atoms with Gasteiger partial charge < -0.3 is 9.47 Å². The molecule has 1 aromatic carbocycles. The highest BCUT2D eigenvalue weighted by Crippen LogP contribution is 2.25. The van der Waals surface area contributed by atoms with Gasteiger partial charge in [0.2, 0.25) is 10.0 Å². The van der Waals surface area contributed by atoms with Crippen LogP contribution in [0.5, 0.6) is 5.75 Å². The standard InChI is InChI=1S/C13H19NO4S/c1-4-18-13-6-5-12(7-10(13)2)19(15,16)14(3)11-8-17-9-11/h5-7,11H,4,8-9H2,1-3H3. The normalized spacial score (nSPS) is 16.4. The summed E-state index contributed by atoms with van der Waals surface area (Å²) < 4.78 is 36.7. The van der Waals surface area contributed by atoms with Gasteiger partial charge in [0.15, 0.2) is 0 Å². The van der Waals surface area contributed by atoms with Crippen molar-refractivity contribution in [3.8, 4) is 5.75 Å². The van der Waals surface area contributed by atoms with Gasteiger partial charge in [0, 0.05) is 7.05 Å². The van der Waals surface area contributed by atoms with Crippen molar-refractivity contribution in [2.45, 2.75) is 24.8 Å². The molecule has 1 saturated heterocycles. The van der Waals surface area contributed by atoms with Gasteiger partial charge in [-0.3, -0.25) is 0 Å². The average molecular weight is 285 g/mol. The summed E-state index contributed by atoms with van der Waals surface area (Å²) in [5.41, 5.74) is 0.821. The summed E-state index contributed by atoms with van der Waals surface area (Å²) in [7, 11) is -1.86. The number of rotatable bonds is 5. The smallest absolute Gasteiger partial charge is 0.243 e. The highest BCUT2D eigenvalue weighted by atomic mass is 32.2. The van der Waals surface area contributed by atoms with Crippen LogP contribution in [0.15, 0.2) is 23.1 Å². The molecule has 1 aliphatic heterocycles. The Kier molecular flexibility index (Phi) is 4.13. The van der Waals surface area contributed by atoms with E-state index >= 15 is 0 Å². The first kappa shape index (κ1) is 14.3. The summed E-state index contributed by atoms with van der Waals surface area (Å²) in [6.45, 7) is 5.23. The summed E-state index contributed by atoms with van der Waals surface area (Å²) in [6, 6.07) is 4.88. The second kappa shape index (κ2) is 5.48. The lowest BCUT2D eigenvalue weighted by Gasteiger charge is -2.33. The SMILES string of the molecule is CCOc1ccc(S(=O)(=O)N(C)C2COC2)cc1C. The molecule has 1 aliphatic rings. The molecule has 0 N–H and O–H groups in total. The van der Waals surface area contributed by atoms with Gasteiger partial charge in [0.25, 0.3) is 0 Å². The fraction of sp³-hybridized carbons (Fsp3) is 0.538. The zero-order chi connectivity index (χ0) is 14.0. The summed E-state index contributed by atoms with van der Waals surface area (Å²) in [5, 5.41) is 0.